The molecule has 0 heterocycles. The van der Waals surface area contributed by atoms with Crippen molar-refractivity contribution < 1.29 is 4.79 Å². The first kappa shape index (κ1) is 9.91. The molecule has 14 heavy (non-hydrogen) atoms. The summed E-state index contributed by atoms with van der Waals surface area (Å²) in [5.74, 6) is 0.474. The summed E-state index contributed by atoms with van der Waals surface area (Å²) < 4.78 is 0. The first-order valence-corrected chi connectivity index (χ1v) is 5.89. The van der Waals surface area contributed by atoms with Crippen LogP contribution in [0.15, 0.2) is 24.3 Å². The topological polar surface area (TPSA) is 17.1 Å². The van der Waals surface area contributed by atoms with Gasteiger partial charge < -0.3 is 4.79 Å². The smallest absolute Gasteiger partial charge is 0.133 e. The molecular formula is C12H13BrO. The van der Waals surface area contributed by atoms with Gasteiger partial charge in [-0.2, -0.15) is 0 Å². The molecule has 2 rings (SSSR count). The van der Waals surface area contributed by atoms with Crippen LogP contribution in [0, 0.1) is 5.92 Å². The summed E-state index contributed by atoms with van der Waals surface area (Å²) in [4.78, 5) is 10.7. The van der Waals surface area contributed by atoms with Gasteiger partial charge in [0.15, 0.2) is 0 Å². The zero-order valence-corrected chi connectivity index (χ0v) is 9.53. The molecule has 0 N–H and O–H groups in total. The van der Waals surface area contributed by atoms with Gasteiger partial charge >= 0.3 is 0 Å². The van der Waals surface area contributed by atoms with Crippen LogP contribution in [0.5, 0.6) is 0 Å². The van der Waals surface area contributed by atoms with Gasteiger partial charge in [0.25, 0.3) is 0 Å². The van der Waals surface area contributed by atoms with Crippen LogP contribution < -0.4 is 0 Å². The van der Waals surface area contributed by atoms with Crippen molar-refractivity contribution in [1.82, 2.24) is 0 Å². The van der Waals surface area contributed by atoms with Crippen LogP contribution in [0.1, 0.15) is 17.5 Å². The van der Waals surface area contributed by atoms with Crippen LogP contribution in [0.2, 0.25) is 0 Å². The molecule has 2 heteroatoms. The highest BCUT2D eigenvalue weighted by Gasteiger charge is 2.23. The lowest BCUT2D eigenvalue weighted by Crippen LogP contribution is -2.23. The van der Waals surface area contributed by atoms with Crippen molar-refractivity contribution in [2.45, 2.75) is 24.1 Å². The lowest BCUT2D eigenvalue weighted by Gasteiger charge is -2.25. The number of carbonyl (C=O) groups is 1. The number of halogens is 1. The zero-order chi connectivity index (χ0) is 9.97. The maximum atomic E-state index is 10.7. The van der Waals surface area contributed by atoms with Crippen molar-refractivity contribution in [2.24, 2.45) is 5.92 Å². The molecule has 74 valence electrons. The third-order valence-electron chi connectivity index (χ3n) is 2.97. The van der Waals surface area contributed by atoms with Crippen LogP contribution in [-0.2, 0) is 17.6 Å². The SMILES string of the molecule is O=CC(Br)C1CCc2ccccc2C1. The molecule has 0 aliphatic heterocycles. The summed E-state index contributed by atoms with van der Waals surface area (Å²) in [6.45, 7) is 0. The van der Waals surface area contributed by atoms with Crippen LogP contribution in [-0.4, -0.2) is 11.1 Å². The second-order valence-electron chi connectivity index (χ2n) is 3.85. The number of fused-ring (bicyclic) bond motifs is 1. The fourth-order valence-corrected chi connectivity index (χ4v) is 2.56. The Labute approximate surface area is 92.6 Å². The van der Waals surface area contributed by atoms with E-state index in [9.17, 15) is 4.79 Å². The maximum absolute atomic E-state index is 10.7. The summed E-state index contributed by atoms with van der Waals surface area (Å²) in [5, 5.41) is 0. The summed E-state index contributed by atoms with van der Waals surface area (Å²) in [5.41, 5.74) is 2.87. The Bertz CT molecular complexity index is 335. The van der Waals surface area contributed by atoms with E-state index in [1.54, 1.807) is 0 Å². The number of hydrogen-bond acceptors (Lipinski definition) is 1. The molecular weight excluding hydrogens is 240 g/mol. The molecule has 0 aromatic heterocycles. The van der Waals surface area contributed by atoms with Gasteiger partial charge in [-0.25, -0.2) is 0 Å². The molecule has 1 aliphatic rings. The van der Waals surface area contributed by atoms with Crippen molar-refractivity contribution in [3.8, 4) is 0 Å². The molecule has 0 saturated heterocycles. The summed E-state index contributed by atoms with van der Waals surface area (Å²) in [6, 6.07) is 8.53. The molecule has 1 aliphatic carbocycles. The maximum Gasteiger partial charge on any atom is 0.133 e. The largest absolute Gasteiger partial charge is 0.302 e. The minimum atomic E-state index is 0.0239. The molecule has 0 spiro atoms. The molecule has 1 aromatic carbocycles. The van der Waals surface area contributed by atoms with Crippen molar-refractivity contribution in [2.75, 3.05) is 0 Å². The van der Waals surface area contributed by atoms with Gasteiger partial charge in [0.2, 0.25) is 0 Å². The van der Waals surface area contributed by atoms with Gasteiger partial charge in [-0.3, -0.25) is 0 Å². The standard InChI is InChI=1S/C12H13BrO/c13-12(8-14)11-6-5-9-3-1-2-4-10(9)7-11/h1-4,8,11-12H,5-7H2. The van der Waals surface area contributed by atoms with Gasteiger partial charge in [-0.1, -0.05) is 40.2 Å². The number of aryl methyl sites for hydroxylation is 1. The van der Waals surface area contributed by atoms with Crippen LogP contribution in [0.3, 0.4) is 0 Å². The Hall–Kier alpha value is -0.630. The van der Waals surface area contributed by atoms with Crippen LogP contribution in [0.4, 0.5) is 0 Å². The van der Waals surface area contributed by atoms with Crippen molar-refractivity contribution >= 4 is 22.2 Å². The third kappa shape index (κ3) is 1.90. The molecule has 2 atom stereocenters. The Morgan fingerprint density at radius 2 is 2.07 bits per heavy atom. The predicted octanol–water partition coefficient (Wildman–Crippen LogP) is 2.75. The molecule has 0 saturated carbocycles. The first-order valence-electron chi connectivity index (χ1n) is 4.97. The second-order valence-corrected chi connectivity index (χ2v) is 4.91. The molecule has 2 unspecified atom stereocenters. The van der Waals surface area contributed by atoms with E-state index in [0.29, 0.717) is 5.92 Å². The van der Waals surface area contributed by atoms with E-state index in [4.69, 9.17) is 0 Å². The van der Waals surface area contributed by atoms with Crippen molar-refractivity contribution in [3.05, 3.63) is 35.4 Å². The van der Waals surface area contributed by atoms with Crippen molar-refractivity contribution in [1.29, 1.82) is 0 Å². The van der Waals surface area contributed by atoms with E-state index < -0.39 is 0 Å². The molecule has 0 amide bonds. The number of carbonyl (C=O) groups excluding carboxylic acids is 1. The molecule has 0 radical (unpaired) electrons. The monoisotopic (exact) mass is 252 g/mol. The van der Waals surface area contributed by atoms with E-state index in [0.717, 1.165) is 25.5 Å². The fraction of sp³-hybridized carbons (Fsp3) is 0.417. The quantitative estimate of drug-likeness (QED) is 0.585. The highest BCUT2D eigenvalue weighted by molar-refractivity contribution is 9.10. The zero-order valence-electron chi connectivity index (χ0n) is 7.95. The summed E-state index contributed by atoms with van der Waals surface area (Å²) >= 11 is 3.42. The normalized spacial score (nSPS) is 22.5. The van der Waals surface area contributed by atoms with Gasteiger partial charge in [0.1, 0.15) is 6.29 Å². The lowest BCUT2D eigenvalue weighted by molar-refractivity contribution is -0.108. The first-order chi connectivity index (χ1) is 6.81. The Kier molecular flexibility index (Phi) is 3.02. The molecule has 0 fully saturated rings. The minimum absolute atomic E-state index is 0.0239. The van der Waals surface area contributed by atoms with Crippen LogP contribution >= 0.6 is 15.9 Å². The molecule has 1 aromatic rings. The minimum Gasteiger partial charge on any atom is -0.302 e. The average molecular weight is 253 g/mol. The Balaban J connectivity index is 2.17. The summed E-state index contributed by atoms with van der Waals surface area (Å²) in [7, 11) is 0. The van der Waals surface area contributed by atoms with E-state index in [1.165, 1.54) is 11.1 Å². The van der Waals surface area contributed by atoms with Gasteiger partial charge in [-0.05, 0) is 36.3 Å². The number of alkyl halides is 1. The Morgan fingerprint density at radius 3 is 2.79 bits per heavy atom. The number of rotatable bonds is 2. The van der Waals surface area contributed by atoms with Gasteiger partial charge in [0.05, 0.1) is 4.83 Å². The Morgan fingerprint density at radius 1 is 1.36 bits per heavy atom. The predicted molar refractivity (Wildman–Crippen MR) is 60.7 cm³/mol. The highest BCUT2D eigenvalue weighted by Crippen LogP contribution is 2.29. The van der Waals surface area contributed by atoms with E-state index >= 15 is 0 Å². The fourth-order valence-electron chi connectivity index (χ4n) is 2.11. The number of benzene rings is 1. The molecule has 0 bridgehead atoms. The second kappa shape index (κ2) is 4.26. The van der Waals surface area contributed by atoms with Gasteiger partial charge in [-0.15, -0.1) is 0 Å². The van der Waals surface area contributed by atoms with E-state index in [-0.39, 0.29) is 4.83 Å². The average Bonchev–Trinajstić information content (AvgIpc) is 2.27. The van der Waals surface area contributed by atoms with Gasteiger partial charge in [0, 0.05) is 0 Å². The summed E-state index contributed by atoms with van der Waals surface area (Å²) in [6.07, 6.45) is 4.27. The number of aldehydes is 1. The van der Waals surface area contributed by atoms with E-state index in [2.05, 4.69) is 40.2 Å². The van der Waals surface area contributed by atoms with E-state index in [1.807, 2.05) is 0 Å². The highest BCUT2D eigenvalue weighted by atomic mass is 79.9. The van der Waals surface area contributed by atoms with Crippen molar-refractivity contribution in [3.63, 3.8) is 0 Å². The third-order valence-corrected chi connectivity index (χ3v) is 3.93. The van der Waals surface area contributed by atoms with Crippen LogP contribution in [0.25, 0.3) is 0 Å². The molecule has 1 nitrogen and oxygen atoms in total. The lowest BCUT2D eigenvalue weighted by atomic mass is 9.82. The number of hydrogen-bond donors (Lipinski definition) is 0.